The van der Waals surface area contributed by atoms with E-state index in [0.29, 0.717) is 12.1 Å². The molecule has 0 radical (unpaired) electrons. The standard InChI is InChI=1S/C14H16ClN3O3/c1-3-9(2)18(8-11(19)20)14(21)12-13(15)16-10-6-4-5-7-17(10)12/h4-7,9H,3,8H2,1-2H3,(H,19,20)/t9-/m1/s1. The monoisotopic (exact) mass is 309 g/mol. The fourth-order valence-corrected chi connectivity index (χ4v) is 2.35. The average molecular weight is 310 g/mol. The summed E-state index contributed by atoms with van der Waals surface area (Å²) >= 11 is 6.06. The van der Waals surface area contributed by atoms with Crippen LogP contribution in [0, 0.1) is 0 Å². The van der Waals surface area contributed by atoms with E-state index in [0.717, 1.165) is 0 Å². The van der Waals surface area contributed by atoms with E-state index in [1.54, 1.807) is 35.7 Å². The quantitative estimate of drug-likeness (QED) is 0.919. The zero-order chi connectivity index (χ0) is 15.6. The Labute approximate surface area is 127 Å². The van der Waals surface area contributed by atoms with Gasteiger partial charge in [0.15, 0.2) is 10.8 Å². The van der Waals surface area contributed by atoms with Crippen LogP contribution in [-0.4, -0.2) is 43.9 Å². The number of carboxylic acid groups (broad SMARTS) is 1. The molecule has 0 saturated heterocycles. The van der Waals surface area contributed by atoms with Crippen molar-refractivity contribution in [3.63, 3.8) is 0 Å². The molecule has 2 heterocycles. The topological polar surface area (TPSA) is 74.9 Å². The van der Waals surface area contributed by atoms with E-state index in [4.69, 9.17) is 16.7 Å². The Morgan fingerprint density at radius 1 is 1.48 bits per heavy atom. The van der Waals surface area contributed by atoms with E-state index in [-0.39, 0.29) is 23.4 Å². The van der Waals surface area contributed by atoms with Gasteiger partial charge in [-0.25, -0.2) is 4.98 Å². The molecule has 21 heavy (non-hydrogen) atoms. The number of carbonyl (C=O) groups is 2. The number of nitrogens with zero attached hydrogens (tertiary/aromatic N) is 3. The van der Waals surface area contributed by atoms with Gasteiger partial charge in [-0.15, -0.1) is 0 Å². The smallest absolute Gasteiger partial charge is 0.323 e. The highest BCUT2D eigenvalue weighted by Crippen LogP contribution is 2.21. The first-order valence-electron chi connectivity index (χ1n) is 6.61. The van der Waals surface area contributed by atoms with Gasteiger partial charge in [0.1, 0.15) is 12.2 Å². The molecule has 0 aliphatic carbocycles. The van der Waals surface area contributed by atoms with Gasteiger partial charge in [0.05, 0.1) is 0 Å². The van der Waals surface area contributed by atoms with Gasteiger partial charge >= 0.3 is 5.97 Å². The van der Waals surface area contributed by atoms with E-state index < -0.39 is 11.9 Å². The highest BCUT2D eigenvalue weighted by Gasteiger charge is 2.27. The van der Waals surface area contributed by atoms with Gasteiger partial charge in [-0.1, -0.05) is 24.6 Å². The largest absolute Gasteiger partial charge is 0.480 e. The molecule has 0 aliphatic rings. The van der Waals surface area contributed by atoms with Crippen molar-refractivity contribution in [3.8, 4) is 0 Å². The molecule has 1 atom stereocenters. The lowest BCUT2D eigenvalue weighted by atomic mass is 10.2. The predicted molar refractivity (Wildman–Crippen MR) is 78.6 cm³/mol. The molecule has 112 valence electrons. The van der Waals surface area contributed by atoms with Crippen molar-refractivity contribution in [2.45, 2.75) is 26.3 Å². The Kier molecular flexibility index (Phi) is 4.47. The van der Waals surface area contributed by atoms with Crippen LogP contribution in [-0.2, 0) is 4.79 Å². The van der Waals surface area contributed by atoms with Gasteiger partial charge in [-0.3, -0.25) is 14.0 Å². The maximum absolute atomic E-state index is 12.7. The van der Waals surface area contributed by atoms with Crippen LogP contribution >= 0.6 is 11.6 Å². The molecule has 2 aromatic rings. The highest BCUT2D eigenvalue weighted by molar-refractivity contribution is 6.32. The Morgan fingerprint density at radius 2 is 2.19 bits per heavy atom. The van der Waals surface area contributed by atoms with Crippen molar-refractivity contribution in [2.24, 2.45) is 0 Å². The van der Waals surface area contributed by atoms with Crippen molar-refractivity contribution in [1.82, 2.24) is 14.3 Å². The van der Waals surface area contributed by atoms with Crippen LogP contribution in [0.5, 0.6) is 0 Å². The van der Waals surface area contributed by atoms with Crippen molar-refractivity contribution in [1.29, 1.82) is 0 Å². The van der Waals surface area contributed by atoms with Gasteiger partial charge < -0.3 is 10.0 Å². The first-order valence-corrected chi connectivity index (χ1v) is 6.98. The summed E-state index contributed by atoms with van der Waals surface area (Å²) in [5.41, 5.74) is 0.735. The number of carbonyl (C=O) groups excluding carboxylic acids is 1. The number of amides is 1. The molecule has 0 spiro atoms. The third-order valence-corrected chi connectivity index (χ3v) is 3.64. The lowest BCUT2D eigenvalue weighted by molar-refractivity contribution is -0.138. The molecule has 1 amide bonds. The summed E-state index contributed by atoms with van der Waals surface area (Å²) in [6.07, 6.45) is 2.32. The second-order valence-corrected chi connectivity index (χ2v) is 5.12. The predicted octanol–water partition coefficient (Wildman–Crippen LogP) is 2.31. The zero-order valence-corrected chi connectivity index (χ0v) is 12.5. The van der Waals surface area contributed by atoms with E-state index in [9.17, 15) is 9.59 Å². The number of hydrogen-bond donors (Lipinski definition) is 1. The van der Waals surface area contributed by atoms with E-state index in [1.165, 1.54) is 4.90 Å². The molecule has 2 rings (SSSR count). The molecule has 7 heteroatoms. The number of halogens is 1. The van der Waals surface area contributed by atoms with Crippen LogP contribution in [0.25, 0.3) is 5.65 Å². The summed E-state index contributed by atoms with van der Waals surface area (Å²) in [5.74, 6) is -1.50. The van der Waals surface area contributed by atoms with Gasteiger partial charge in [0, 0.05) is 12.2 Å². The summed E-state index contributed by atoms with van der Waals surface area (Å²) in [5, 5.41) is 9.08. The zero-order valence-electron chi connectivity index (χ0n) is 11.8. The molecule has 0 bridgehead atoms. The summed E-state index contributed by atoms with van der Waals surface area (Å²) in [6, 6.07) is 5.07. The van der Waals surface area contributed by atoms with Crippen LogP contribution in [0.4, 0.5) is 0 Å². The molecule has 0 saturated carbocycles. The van der Waals surface area contributed by atoms with Crippen molar-refractivity contribution in [2.75, 3.05) is 6.54 Å². The molecule has 0 fully saturated rings. The summed E-state index contributed by atoms with van der Waals surface area (Å²) in [7, 11) is 0. The number of aromatic nitrogens is 2. The molecule has 0 aromatic carbocycles. The minimum absolute atomic E-state index is 0.0740. The SMILES string of the molecule is CC[C@@H](C)N(CC(=O)O)C(=O)c1c(Cl)nc2ccccn12. The first kappa shape index (κ1) is 15.3. The Hall–Kier alpha value is -2.08. The molecular weight excluding hydrogens is 294 g/mol. The number of pyridine rings is 1. The van der Waals surface area contributed by atoms with Gasteiger partial charge in [0.2, 0.25) is 0 Å². The fourth-order valence-electron chi connectivity index (χ4n) is 2.09. The molecule has 1 N–H and O–H groups in total. The summed E-state index contributed by atoms with van der Waals surface area (Å²) in [4.78, 5) is 29.1. The number of hydrogen-bond acceptors (Lipinski definition) is 3. The minimum Gasteiger partial charge on any atom is -0.480 e. The van der Waals surface area contributed by atoms with Gasteiger partial charge in [-0.05, 0) is 25.5 Å². The first-order chi connectivity index (χ1) is 9.95. The van der Waals surface area contributed by atoms with Crippen LogP contribution in [0.3, 0.4) is 0 Å². The van der Waals surface area contributed by atoms with Crippen molar-refractivity contribution in [3.05, 3.63) is 35.2 Å². The second-order valence-electron chi connectivity index (χ2n) is 4.76. The minimum atomic E-state index is -1.06. The van der Waals surface area contributed by atoms with E-state index in [1.807, 2.05) is 6.92 Å². The van der Waals surface area contributed by atoms with Crippen LogP contribution in [0.1, 0.15) is 30.8 Å². The van der Waals surface area contributed by atoms with Crippen molar-refractivity contribution >= 4 is 29.1 Å². The molecule has 0 unspecified atom stereocenters. The lowest BCUT2D eigenvalue weighted by Crippen LogP contribution is -2.42. The Bertz CT molecular complexity index is 683. The van der Waals surface area contributed by atoms with Gasteiger partial charge in [-0.2, -0.15) is 0 Å². The molecular formula is C14H16ClN3O3. The molecule has 6 nitrogen and oxygen atoms in total. The maximum atomic E-state index is 12.7. The third kappa shape index (κ3) is 3.00. The second kappa shape index (κ2) is 6.13. The lowest BCUT2D eigenvalue weighted by Gasteiger charge is -2.26. The third-order valence-electron chi connectivity index (χ3n) is 3.38. The Balaban J connectivity index is 2.47. The normalized spacial score (nSPS) is 12.3. The molecule has 2 aromatic heterocycles. The van der Waals surface area contributed by atoms with E-state index >= 15 is 0 Å². The number of rotatable bonds is 5. The Morgan fingerprint density at radius 3 is 2.81 bits per heavy atom. The molecule has 0 aliphatic heterocycles. The van der Waals surface area contributed by atoms with Crippen molar-refractivity contribution < 1.29 is 14.7 Å². The number of aliphatic carboxylic acids is 1. The summed E-state index contributed by atoms with van der Waals surface area (Å²) < 4.78 is 1.57. The van der Waals surface area contributed by atoms with Crippen LogP contribution in [0.2, 0.25) is 5.15 Å². The van der Waals surface area contributed by atoms with Gasteiger partial charge in [0.25, 0.3) is 5.91 Å². The maximum Gasteiger partial charge on any atom is 0.323 e. The average Bonchev–Trinajstić information content (AvgIpc) is 2.78. The van der Waals surface area contributed by atoms with Crippen LogP contribution < -0.4 is 0 Å². The highest BCUT2D eigenvalue weighted by atomic mass is 35.5. The fraction of sp³-hybridized carbons (Fsp3) is 0.357. The van der Waals surface area contributed by atoms with Crippen LogP contribution in [0.15, 0.2) is 24.4 Å². The van der Waals surface area contributed by atoms with E-state index in [2.05, 4.69) is 4.98 Å². The number of fused-ring (bicyclic) bond motifs is 1. The number of carboxylic acids is 1. The summed E-state index contributed by atoms with van der Waals surface area (Å²) in [6.45, 7) is 3.32. The number of imidazole rings is 1.